The average molecular weight is 265 g/mol. The highest BCUT2D eigenvalue weighted by molar-refractivity contribution is 5.76. The van der Waals surface area contributed by atoms with Gasteiger partial charge in [0.05, 0.1) is 14.2 Å². The Morgan fingerprint density at radius 2 is 2.21 bits per heavy atom. The van der Waals surface area contributed by atoms with Crippen molar-refractivity contribution in [2.45, 2.75) is 25.5 Å². The summed E-state index contributed by atoms with van der Waals surface area (Å²) >= 11 is 0. The van der Waals surface area contributed by atoms with Crippen LogP contribution in [0.1, 0.15) is 18.4 Å². The smallest absolute Gasteiger partial charge is 0.323 e. The van der Waals surface area contributed by atoms with Gasteiger partial charge < -0.3 is 19.5 Å². The largest absolute Gasteiger partial charge is 0.497 e. The molecule has 0 amide bonds. The summed E-state index contributed by atoms with van der Waals surface area (Å²) in [7, 11) is 3.18. The van der Waals surface area contributed by atoms with E-state index in [2.05, 4.69) is 5.32 Å². The van der Waals surface area contributed by atoms with E-state index in [0.29, 0.717) is 11.5 Å². The van der Waals surface area contributed by atoms with Gasteiger partial charge in [0.25, 0.3) is 0 Å². The summed E-state index contributed by atoms with van der Waals surface area (Å²) in [5.74, 6) is 1.17. The Kier molecular flexibility index (Phi) is 4.63. The van der Waals surface area contributed by atoms with Crippen molar-refractivity contribution < 1.29 is 19.0 Å². The van der Waals surface area contributed by atoms with Gasteiger partial charge in [-0.1, -0.05) is 0 Å². The second kappa shape index (κ2) is 6.43. The van der Waals surface area contributed by atoms with Gasteiger partial charge in [-0.15, -0.1) is 0 Å². The molecule has 0 aliphatic carbocycles. The molecule has 1 aliphatic heterocycles. The van der Waals surface area contributed by atoms with Crippen LogP contribution in [0.15, 0.2) is 18.2 Å². The van der Waals surface area contributed by atoms with Crippen LogP contribution in [0.4, 0.5) is 0 Å². The minimum absolute atomic E-state index is 0.163. The Bertz CT molecular complexity index is 441. The number of nitrogens with one attached hydrogen (secondary N) is 1. The van der Waals surface area contributed by atoms with Crippen LogP contribution in [-0.2, 0) is 16.1 Å². The minimum Gasteiger partial charge on any atom is -0.497 e. The van der Waals surface area contributed by atoms with E-state index in [1.807, 2.05) is 12.1 Å². The van der Waals surface area contributed by atoms with Crippen molar-refractivity contribution in [1.29, 1.82) is 0 Å². The summed E-state index contributed by atoms with van der Waals surface area (Å²) in [5.41, 5.74) is 0.828. The van der Waals surface area contributed by atoms with Crippen LogP contribution >= 0.6 is 0 Å². The Morgan fingerprint density at radius 1 is 1.37 bits per heavy atom. The van der Waals surface area contributed by atoms with Crippen LogP contribution in [0.25, 0.3) is 0 Å². The Balaban J connectivity index is 1.96. The van der Waals surface area contributed by atoms with Gasteiger partial charge in [0.1, 0.15) is 24.1 Å². The van der Waals surface area contributed by atoms with Crippen molar-refractivity contribution >= 4 is 5.97 Å². The first-order valence-corrected chi connectivity index (χ1v) is 6.35. The zero-order valence-corrected chi connectivity index (χ0v) is 11.3. The predicted molar refractivity (Wildman–Crippen MR) is 70.4 cm³/mol. The van der Waals surface area contributed by atoms with E-state index in [0.717, 1.165) is 24.9 Å². The average Bonchev–Trinajstić information content (AvgIpc) is 2.98. The van der Waals surface area contributed by atoms with Gasteiger partial charge in [0.2, 0.25) is 0 Å². The highest BCUT2D eigenvalue weighted by Crippen LogP contribution is 2.25. The quantitative estimate of drug-likeness (QED) is 0.818. The Hall–Kier alpha value is -1.75. The van der Waals surface area contributed by atoms with Crippen LogP contribution in [0.3, 0.4) is 0 Å². The number of carbonyl (C=O) groups excluding carboxylic acids is 1. The van der Waals surface area contributed by atoms with Crippen LogP contribution in [-0.4, -0.2) is 32.8 Å². The third kappa shape index (κ3) is 3.38. The fraction of sp³-hybridized carbons (Fsp3) is 0.500. The fourth-order valence-corrected chi connectivity index (χ4v) is 2.11. The fourth-order valence-electron chi connectivity index (χ4n) is 2.11. The molecule has 19 heavy (non-hydrogen) atoms. The molecule has 1 fully saturated rings. The van der Waals surface area contributed by atoms with E-state index in [1.54, 1.807) is 20.3 Å². The third-order valence-corrected chi connectivity index (χ3v) is 3.21. The number of hydrogen-bond donors (Lipinski definition) is 1. The molecule has 5 nitrogen and oxygen atoms in total. The number of methoxy groups -OCH3 is 2. The second-order valence-corrected chi connectivity index (χ2v) is 4.43. The van der Waals surface area contributed by atoms with E-state index in [-0.39, 0.29) is 18.6 Å². The van der Waals surface area contributed by atoms with Crippen LogP contribution in [0.5, 0.6) is 11.5 Å². The first kappa shape index (κ1) is 13.7. The maximum atomic E-state index is 11.8. The number of ether oxygens (including phenoxy) is 3. The van der Waals surface area contributed by atoms with Crippen molar-refractivity contribution in [1.82, 2.24) is 5.32 Å². The van der Waals surface area contributed by atoms with E-state index >= 15 is 0 Å². The van der Waals surface area contributed by atoms with E-state index in [9.17, 15) is 4.79 Å². The monoisotopic (exact) mass is 265 g/mol. The molecule has 1 aliphatic rings. The molecular weight excluding hydrogens is 246 g/mol. The molecule has 104 valence electrons. The zero-order chi connectivity index (χ0) is 13.7. The summed E-state index contributed by atoms with van der Waals surface area (Å²) < 4.78 is 15.7. The lowest BCUT2D eigenvalue weighted by atomic mass is 10.2. The molecule has 0 aromatic heterocycles. The standard InChI is InChI=1S/C14H19NO4/c1-17-11-6-5-10(13(8-11)18-2)9-19-14(16)12-4-3-7-15-12/h5-6,8,12,15H,3-4,7,9H2,1-2H3/t12-/m0/s1. The molecule has 1 aromatic rings. The first-order valence-electron chi connectivity index (χ1n) is 6.35. The Labute approximate surface area is 112 Å². The van der Waals surface area contributed by atoms with E-state index in [4.69, 9.17) is 14.2 Å². The van der Waals surface area contributed by atoms with Gasteiger partial charge in [0.15, 0.2) is 0 Å². The molecule has 1 aromatic carbocycles. The van der Waals surface area contributed by atoms with E-state index < -0.39 is 0 Å². The molecule has 0 radical (unpaired) electrons. The molecule has 1 atom stereocenters. The highest BCUT2D eigenvalue weighted by Gasteiger charge is 2.23. The first-order chi connectivity index (χ1) is 9.24. The van der Waals surface area contributed by atoms with Gasteiger partial charge in [-0.3, -0.25) is 4.79 Å². The van der Waals surface area contributed by atoms with Crippen molar-refractivity contribution in [3.63, 3.8) is 0 Å². The molecule has 1 saturated heterocycles. The maximum absolute atomic E-state index is 11.8. The zero-order valence-electron chi connectivity index (χ0n) is 11.3. The van der Waals surface area contributed by atoms with Gasteiger partial charge in [-0.05, 0) is 31.5 Å². The summed E-state index contributed by atoms with van der Waals surface area (Å²) in [4.78, 5) is 11.8. The van der Waals surface area contributed by atoms with Crippen LogP contribution in [0, 0.1) is 0 Å². The molecule has 0 bridgehead atoms. The van der Waals surface area contributed by atoms with Crippen molar-refractivity contribution in [3.8, 4) is 11.5 Å². The molecule has 1 N–H and O–H groups in total. The van der Waals surface area contributed by atoms with Gasteiger partial charge in [-0.25, -0.2) is 0 Å². The normalized spacial score (nSPS) is 18.1. The molecule has 0 unspecified atom stereocenters. The van der Waals surface area contributed by atoms with Gasteiger partial charge in [-0.2, -0.15) is 0 Å². The van der Waals surface area contributed by atoms with Crippen molar-refractivity contribution in [3.05, 3.63) is 23.8 Å². The lowest BCUT2D eigenvalue weighted by molar-refractivity contribution is -0.147. The number of rotatable bonds is 5. The van der Waals surface area contributed by atoms with Crippen molar-refractivity contribution in [2.75, 3.05) is 20.8 Å². The molecule has 2 rings (SSSR count). The van der Waals surface area contributed by atoms with Gasteiger partial charge in [0, 0.05) is 11.6 Å². The van der Waals surface area contributed by atoms with Gasteiger partial charge >= 0.3 is 5.97 Å². The number of esters is 1. The second-order valence-electron chi connectivity index (χ2n) is 4.43. The maximum Gasteiger partial charge on any atom is 0.323 e. The highest BCUT2D eigenvalue weighted by atomic mass is 16.5. The SMILES string of the molecule is COc1ccc(COC(=O)[C@@H]2CCCN2)c(OC)c1. The number of hydrogen-bond acceptors (Lipinski definition) is 5. The number of benzene rings is 1. The summed E-state index contributed by atoms with van der Waals surface area (Å²) in [6.07, 6.45) is 1.87. The third-order valence-electron chi connectivity index (χ3n) is 3.21. The molecule has 0 saturated carbocycles. The summed E-state index contributed by atoms with van der Waals surface area (Å²) in [5, 5.41) is 3.11. The lowest BCUT2D eigenvalue weighted by Crippen LogP contribution is -2.32. The molecule has 1 heterocycles. The van der Waals surface area contributed by atoms with E-state index in [1.165, 1.54) is 0 Å². The van der Waals surface area contributed by atoms with Crippen LogP contribution in [0.2, 0.25) is 0 Å². The topological polar surface area (TPSA) is 56.8 Å². The molecule has 5 heteroatoms. The summed E-state index contributed by atoms with van der Waals surface area (Å²) in [6, 6.07) is 5.27. The summed E-state index contributed by atoms with van der Waals surface area (Å²) in [6.45, 7) is 1.09. The van der Waals surface area contributed by atoms with Crippen LogP contribution < -0.4 is 14.8 Å². The number of carbonyl (C=O) groups is 1. The van der Waals surface area contributed by atoms with Crippen molar-refractivity contribution in [2.24, 2.45) is 0 Å². The lowest BCUT2D eigenvalue weighted by Gasteiger charge is -2.13. The minimum atomic E-state index is -0.199. The molecule has 0 spiro atoms. The predicted octanol–water partition coefficient (Wildman–Crippen LogP) is 1.50. The Morgan fingerprint density at radius 3 is 2.84 bits per heavy atom. The molecular formula is C14H19NO4.